The van der Waals surface area contributed by atoms with Crippen LogP contribution in [0.3, 0.4) is 0 Å². The highest BCUT2D eigenvalue weighted by Crippen LogP contribution is 2.52. The molecule has 1 rings (SSSR count). The quantitative estimate of drug-likeness (QED) is 0.457. The summed E-state index contributed by atoms with van der Waals surface area (Å²) in [6.45, 7) is 4.45. The van der Waals surface area contributed by atoms with Gasteiger partial charge in [-0.2, -0.15) is 0 Å². The van der Waals surface area contributed by atoms with Gasteiger partial charge in [-0.05, 0) is 13.8 Å². The van der Waals surface area contributed by atoms with E-state index in [4.69, 9.17) is 4.52 Å². The van der Waals surface area contributed by atoms with Gasteiger partial charge < -0.3 is 4.52 Å². The molecule has 0 amide bonds. The second-order valence-electron chi connectivity index (χ2n) is 2.62. The second kappa shape index (κ2) is 2.89. The summed E-state index contributed by atoms with van der Waals surface area (Å²) in [5, 5.41) is 0. The Labute approximate surface area is 61.7 Å². The topological polar surface area (TPSA) is 26.3 Å². The molecule has 0 radical (unpaired) electrons. The third-order valence-corrected chi connectivity index (χ3v) is 4.02. The minimum absolute atomic E-state index is 0.568. The monoisotopic (exact) mass is 160 g/mol. The van der Waals surface area contributed by atoms with Gasteiger partial charge in [0.2, 0.25) is 7.37 Å². The molecule has 0 aromatic rings. The first-order chi connectivity index (χ1) is 4.66. The zero-order valence-electron chi connectivity index (χ0n) is 6.46. The van der Waals surface area contributed by atoms with Crippen molar-refractivity contribution in [1.82, 2.24) is 0 Å². The average molecular weight is 160 g/mol. The Hall–Kier alpha value is -0.0700. The Morgan fingerprint density at radius 3 is 2.90 bits per heavy atom. The Kier molecular flexibility index (Phi) is 2.32. The molecular weight excluding hydrogens is 147 g/mol. The lowest BCUT2D eigenvalue weighted by atomic mass is 10.3. The van der Waals surface area contributed by atoms with Crippen LogP contribution in [0.15, 0.2) is 11.6 Å². The summed E-state index contributed by atoms with van der Waals surface area (Å²) in [6, 6.07) is 0. The maximum Gasteiger partial charge on any atom is 0.210 e. The molecule has 0 unspecified atom stereocenters. The van der Waals surface area contributed by atoms with Gasteiger partial charge in [-0.15, -0.1) is 0 Å². The van der Waals surface area contributed by atoms with Crippen LogP contribution in [-0.2, 0) is 9.09 Å². The molecule has 1 aliphatic rings. The molecule has 3 heteroatoms. The summed E-state index contributed by atoms with van der Waals surface area (Å²) in [5.74, 6) is 0. The van der Waals surface area contributed by atoms with Crippen LogP contribution in [-0.4, -0.2) is 18.9 Å². The van der Waals surface area contributed by atoms with Crippen LogP contribution >= 0.6 is 7.37 Å². The van der Waals surface area contributed by atoms with Crippen molar-refractivity contribution in [2.45, 2.75) is 13.8 Å². The van der Waals surface area contributed by atoms with E-state index < -0.39 is 7.37 Å². The molecule has 1 atom stereocenters. The van der Waals surface area contributed by atoms with Crippen LogP contribution in [0.1, 0.15) is 13.8 Å². The molecular formula is C7H13O2P. The van der Waals surface area contributed by atoms with E-state index in [-0.39, 0.29) is 0 Å². The second-order valence-corrected chi connectivity index (χ2v) is 5.19. The normalized spacial score (nSPS) is 32.4. The minimum Gasteiger partial charge on any atom is -0.328 e. The third kappa shape index (κ3) is 1.71. The first kappa shape index (κ1) is 8.03. The fourth-order valence-corrected chi connectivity index (χ4v) is 3.41. The van der Waals surface area contributed by atoms with E-state index in [1.54, 1.807) is 0 Å². The van der Waals surface area contributed by atoms with Crippen molar-refractivity contribution >= 4 is 7.37 Å². The Balaban J connectivity index is 2.53. The highest BCUT2D eigenvalue weighted by atomic mass is 31.2. The van der Waals surface area contributed by atoms with E-state index in [0.717, 1.165) is 0 Å². The standard InChI is InChI=1S/C7H13O2P/c1-3-9-10(8)5-4-7(2)6-10/h4H,3,5-6H2,1-2H3/t10-/m1/s1. The van der Waals surface area contributed by atoms with Gasteiger partial charge >= 0.3 is 0 Å². The molecule has 0 spiro atoms. The fraction of sp³-hybridized carbons (Fsp3) is 0.714. The van der Waals surface area contributed by atoms with Crippen molar-refractivity contribution in [2.75, 3.05) is 18.9 Å². The smallest absolute Gasteiger partial charge is 0.210 e. The lowest BCUT2D eigenvalue weighted by molar-refractivity contribution is 0.338. The predicted molar refractivity (Wildman–Crippen MR) is 42.7 cm³/mol. The van der Waals surface area contributed by atoms with Gasteiger partial charge in [0.05, 0.1) is 6.61 Å². The minimum atomic E-state index is -2.22. The van der Waals surface area contributed by atoms with Crippen molar-refractivity contribution in [2.24, 2.45) is 0 Å². The first-order valence-electron chi connectivity index (χ1n) is 3.54. The van der Waals surface area contributed by atoms with Gasteiger partial charge in [0, 0.05) is 12.3 Å². The predicted octanol–water partition coefficient (Wildman–Crippen LogP) is 2.26. The van der Waals surface area contributed by atoms with Gasteiger partial charge in [0.1, 0.15) is 0 Å². The summed E-state index contributed by atoms with van der Waals surface area (Å²) in [5.41, 5.74) is 1.21. The molecule has 58 valence electrons. The molecule has 10 heavy (non-hydrogen) atoms. The summed E-state index contributed by atoms with van der Waals surface area (Å²) < 4.78 is 16.7. The van der Waals surface area contributed by atoms with E-state index in [1.807, 2.05) is 19.9 Å². The highest BCUT2D eigenvalue weighted by molar-refractivity contribution is 7.59. The summed E-state index contributed by atoms with van der Waals surface area (Å²) in [7, 11) is -2.22. The number of hydrogen-bond donors (Lipinski definition) is 0. The maximum absolute atomic E-state index is 11.5. The Morgan fingerprint density at radius 1 is 1.80 bits per heavy atom. The lowest BCUT2D eigenvalue weighted by Crippen LogP contribution is -1.92. The maximum atomic E-state index is 11.5. The molecule has 0 aromatic heterocycles. The van der Waals surface area contributed by atoms with E-state index in [0.29, 0.717) is 18.9 Å². The largest absolute Gasteiger partial charge is 0.328 e. The van der Waals surface area contributed by atoms with Crippen LogP contribution in [0, 0.1) is 0 Å². The number of allylic oxidation sites excluding steroid dienone is 2. The SMILES string of the molecule is CCO[P@]1(=O)CC=C(C)C1. The van der Waals surface area contributed by atoms with Crippen molar-refractivity contribution in [3.05, 3.63) is 11.6 Å². The lowest BCUT2D eigenvalue weighted by Gasteiger charge is -2.09. The zero-order valence-corrected chi connectivity index (χ0v) is 7.36. The van der Waals surface area contributed by atoms with Gasteiger partial charge in [0.25, 0.3) is 0 Å². The zero-order chi connectivity index (χ0) is 7.61. The number of hydrogen-bond acceptors (Lipinski definition) is 2. The van der Waals surface area contributed by atoms with Crippen molar-refractivity contribution < 1.29 is 9.09 Å². The van der Waals surface area contributed by atoms with Crippen molar-refractivity contribution in [3.63, 3.8) is 0 Å². The molecule has 2 nitrogen and oxygen atoms in total. The third-order valence-electron chi connectivity index (χ3n) is 1.57. The molecule has 0 saturated heterocycles. The van der Waals surface area contributed by atoms with Crippen LogP contribution in [0.25, 0.3) is 0 Å². The summed E-state index contributed by atoms with van der Waals surface area (Å²) in [4.78, 5) is 0. The average Bonchev–Trinajstić information content (AvgIpc) is 2.12. The highest BCUT2D eigenvalue weighted by Gasteiger charge is 2.26. The van der Waals surface area contributed by atoms with Crippen molar-refractivity contribution in [3.8, 4) is 0 Å². The fourth-order valence-electron chi connectivity index (χ4n) is 1.14. The molecule has 0 aromatic carbocycles. The van der Waals surface area contributed by atoms with Crippen LogP contribution in [0.5, 0.6) is 0 Å². The molecule has 0 fully saturated rings. The molecule has 1 aliphatic heterocycles. The van der Waals surface area contributed by atoms with E-state index in [2.05, 4.69) is 0 Å². The van der Waals surface area contributed by atoms with Gasteiger partial charge in [0.15, 0.2) is 0 Å². The van der Waals surface area contributed by atoms with E-state index in [1.165, 1.54) is 5.57 Å². The Morgan fingerprint density at radius 2 is 2.50 bits per heavy atom. The van der Waals surface area contributed by atoms with Crippen LogP contribution in [0.4, 0.5) is 0 Å². The molecule has 0 saturated carbocycles. The molecule has 0 aliphatic carbocycles. The van der Waals surface area contributed by atoms with Crippen molar-refractivity contribution in [1.29, 1.82) is 0 Å². The number of rotatable bonds is 2. The summed E-state index contributed by atoms with van der Waals surface area (Å²) in [6.07, 6.45) is 3.32. The van der Waals surface area contributed by atoms with E-state index in [9.17, 15) is 4.57 Å². The van der Waals surface area contributed by atoms with Crippen LogP contribution < -0.4 is 0 Å². The van der Waals surface area contributed by atoms with E-state index >= 15 is 0 Å². The van der Waals surface area contributed by atoms with Gasteiger partial charge in [-0.1, -0.05) is 11.6 Å². The Bertz CT molecular complexity index is 196. The van der Waals surface area contributed by atoms with Crippen LogP contribution in [0.2, 0.25) is 0 Å². The summed E-state index contributed by atoms with van der Waals surface area (Å²) >= 11 is 0. The molecule has 1 heterocycles. The molecule has 0 bridgehead atoms. The van der Waals surface area contributed by atoms with Gasteiger partial charge in [-0.3, -0.25) is 4.57 Å². The molecule has 0 N–H and O–H groups in total. The first-order valence-corrected chi connectivity index (χ1v) is 5.54. The van der Waals surface area contributed by atoms with Gasteiger partial charge in [-0.25, -0.2) is 0 Å².